The molecule has 0 unspecified atom stereocenters. The predicted molar refractivity (Wildman–Crippen MR) is 79.4 cm³/mol. The molecule has 102 valence electrons. The van der Waals surface area contributed by atoms with E-state index in [0.29, 0.717) is 6.54 Å². The number of hydrogen-bond acceptors (Lipinski definition) is 3. The number of aromatic nitrogens is 2. The van der Waals surface area contributed by atoms with Crippen LogP contribution in [0.2, 0.25) is 0 Å². The molecule has 1 N–H and O–H groups in total. The van der Waals surface area contributed by atoms with Crippen molar-refractivity contribution < 1.29 is 4.79 Å². The normalized spacial score (nSPS) is 12.6. The SMILES string of the molecule is CCNC(=O)[C@@H](C)Sc1nc2ccccc2n1CC. The molecule has 19 heavy (non-hydrogen) atoms. The molecule has 1 amide bonds. The Hall–Kier alpha value is -1.49. The summed E-state index contributed by atoms with van der Waals surface area (Å²) in [7, 11) is 0. The smallest absolute Gasteiger partial charge is 0.233 e. The van der Waals surface area contributed by atoms with Crippen LogP contribution in [0.25, 0.3) is 11.0 Å². The highest BCUT2D eigenvalue weighted by molar-refractivity contribution is 8.00. The lowest BCUT2D eigenvalue weighted by atomic mass is 10.3. The summed E-state index contributed by atoms with van der Waals surface area (Å²) in [6, 6.07) is 8.06. The second-order valence-corrected chi connectivity index (χ2v) is 5.59. The van der Waals surface area contributed by atoms with Crippen molar-refractivity contribution in [2.75, 3.05) is 6.54 Å². The topological polar surface area (TPSA) is 46.9 Å². The Labute approximate surface area is 117 Å². The van der Waals surface area contributed by atoms with Crippen molar-refractivity contribution >= 4 is 28.7 Å². The molecule has 2 rings (SSSR count). The Morgan fingerprint density at radius 1 is 1.42 bits per heavy atom. The number of nitrogens with one attached hydrogen (secondary N) is 1. The lowest BCUT2D eigenvalue weighted by Crippen LogP contribution is -2.30. The van der Waals surface area contributed by atoms with Gasteiger partial charge in [-0.25, -0.2) is 4.98 Å². The zero-order chi connectivity index (χ0) is 13.8. The number of nitrogens with zero attached hydrogens (tertiary/aromatic N) is 2. The zero-order valence-corrected chi connectivity index (χ0v) is 12.3. The molecule has 5 heteroatoms. The van der Waals surface area contributed by atoms with Crippen molar-refractivity contribution in [3.63, 3.8) is 0 Å². The van der Waals surface area contributed by atoms with E-state index in [9.17, 15) is 4.79 Å². The van der Waals surface area contributed by atoms with Gasteiger partial charge in [0.25, 0.3) is 0 Å². The van der Waals surface area contributed by atoms with Gasteiger partial charge in [0.15, 0.2) is 5.16 Å². The molecule has 0 radical (unpaired) electrons. The molecule has 0 saturated carbocycles. The zero-order valence-electron chi connectivity index (χ0n) is 11.5. The van der Waals surface area contributed by atoms with Gasteiger partial charge in [-0.3, -0.25) is 4.79 Å². The Bertz CT molecular complexity index is 579. The first-order valence-electron chi connectivity index (χ1n) is 6.57. The molecule has 0 spiro atoms. The summed E-state index contributed by atoms with van der Waals surface area (Å²) >= 11 is 1.51. The van der Waals surface area contributed by atoms with E-state index in [2.05, 4.69) is 27.9 Å². The number of fused-ring (bicyclic) bond motifs is 1. The van der Waals surface area contributed by atoms with Crippen molar-refractivity contribution in [1.82, 2.24) is 14.9 Å². The standard InChI is InChI=1S/C14H19N3OS/c1-4-15-13(18)10(3)19-14-16-11-8-6-7-9-12(11)17(14)5-2/h6-10H,4-5H2,1-3H3,(H,15,18)/t10-/m1/s1. The Balaban J connectivity index is 2.27. The fourth-order valence-corrected chi connectivity index (χ4v) is 2.99. The molecule has 1 aromatic carbocycles. The van der Waals surface area contributed by atoms with E-state index in [1.165, 1.54) is 11.8 Å². The van der Waals surface area contributed by atoms with Crippen molar-refractivity contribution in [2.24, 2.45) is 0 Å². The molecule has 0 fully saturated rings. The van der Waals surface area contributed by atoms with Crippen LogP contribution in [-0.4, -0.2) is 27.3 Å². The summed E-state index contributed by atoms with van der Waals surface area (Å²) in [5.41, 5.74) is 2.10. The van der Waals surface area contributed by atoms with Crippen LogP contribution in [0.3, 0.4) is 0 Å². The number of hydrogen-bond donors (Lipinski definition) is 1. The van der Waals surface area contributed by atoms with Gasteiger partial charge in [0.2, 0.25) is 5.91 Å². The van der Waals surface area contributed by atoms with Crippen LogP contribution in [-0.2, 0) is 11.3 Å². The number of carbonyl (C=O) groups is 1. The predicted octanol–water partition coefficient (Wildman–Crippen LogP) is 2.67. The largest absolute Gasteiger partial charge is 0.355 e. The molecule has 0 saturated heterocycles. The Morgan fingerprint density at radius 2 is 2.16 bits per heavy atom. The number of carbonyl (C=O) groups excluding carboxylic acids is 1. The summed E-state index contributed by atoms with van der Waals surface area (Å²) in [4.78, 5) is 16.4. The number of benzene rings is 1. The summed E-state index contributed by atoms with van der Waals surface area (Å²) in [5.74, 6) is 0.0576. The van der Waals surface area contributed by atoms with E-state index in [0.717, 1.165) is 22.7 Å². The lowest BCUT2D eigenvalue weighted by Gasteiger charge is -2.11. The molecule has 0 bridgehead atoms. The van der Waals surface area contributed by atoms with Gasteiger partial charge in [-0.2, -0.15) is 0 Å². The minimum absolute atomic E-state index is 0.0576. The monoisotopic (exact) mass is 277 g/mol. The van der Waals surface area contributed by atoms with Gasteiger partial charge in [-0.05, 0) is 32.9 Å². The van der Waals surface area contributed by atoms with Crippen LogP contribution < -0.4 is 5.32 Å². The first kappa shape index (κ1) is 13.9. The molecule has 0 aliphatic heterocycles. The minimum Gasteiger partial charge on any atom is -0.355 e. The molecule has 4 nitrogen and oxygen atoms in total. The quantitative estimate of drug-likeness (QED) is 0.855. The first-order chi connectivity index (χ1) is 9.17. The summed E-state index contributed by atoms with van der Waals surface area (Å²) in [6.45, 7) is 7.44. The van der Waals surface area contributed by atoms with E-state index in [1.54, 1.807) is 0 Å². The maximum absolute atomic E-state index is 11.8. The number of para-hydroxylation sites is 2. The third-order valence-corrected chi connectivity index (χ3v) is 4.03. The van der Waals surface area contributed by atoms with Crippen molar-refractivity contribution in [2.45, 2.75) is 37.7 Å². The van der Waals surface area contributed by atoms with Gasteiger partial charge in [-0.1, -0.05) is 23.9 Å². The maximum atomic E-state index is 11.8. The second kappa shape index (κ2) is 6.10. The van der Waals surface area contributed by atoms with Crippen molar-refractivity contribution in [3.05, 3.63) is 24.3 Å². The van der Waals surface area contributed by atoms with Crippen molar-refractivity contribution in [1.29, 1.82) is 0 Å². The van der Waals surface area contributed by atoms with Gasteiger partial charge >= 0.3 is 0 Å². The van der Waals surface area contributed by atoms with Crippen LogP contribution in [0.15, 0.2) is 29.4 Å². The van der Waals surface area contributed by atoms with E-state index >= 15 is 0 Å². The highest BCUT2D eigenvalue weighted by atomic mass is 32.2. The molecule has 0 aliphatic carbocycles. The molecule has 1 heterocycles. The van der Waals surface area contributed by atoms with Gasteiger partial charge in [0, 0.05) is 13.1 Å². The highest BCUT2D eigenvalue weighted by Crippen LogP contribution is 2.27. The summed E-state index contributed by atoms with van der Waals surface area (Å²) in [5, 5.41) is 3.61. The van der Waals surface area contributed by atoms with Gasteiger partial charge in [-0.15, -0.1) is 0 Å². The number of thioether (sulfide) groups is 1. The van der Waals surface area contributed by atoms with E-state index in [-0.39, 0.29) is 11.2 Å². The molecule has 1 aromatic heterocycles. The van der Waals surface area contributed by atoms with E-state index in [4.69, 9.17) is 0 Å². The first-order valence-corrected chi connectivity index (χ1v) is 7.45. The van der Waals surface area contributed by atoms with Crippen LogP contribution >= 0.6 is 11.8 Å². The molecule has 2 aromatic rings. The molecular formula is C14H19N3OS. The fourth-order valence-electron chi connectivity index (χ4n) is 1.98. The third-order valence-electron chi connectivity index (χ3n) is 2.94. The average Bonchev–Trinajstić information content (AvgIpc) is 2.75. The minimum atomic E-state index is -0.137. The van der Waals surface area contributed by atoms with Crippen LogP contribution in [0.1, 0.15) is 20.8 Å². The summed E-state index contributed by atoms with van der Waals surface area (Å²) in [6.07, 6.45) is 0. The number of rotatable bonds is 5. The fraction of sp³-hybridized carbons (Fsp3) is 0.429. The highest BCUT2D eigenvalue weighted by Gasteiger charge is 2.18. The number of aryl methyl sites for hydroxylation is 1. The number of imidazole rings is 1. The molecule has 0 aliphatic rings. The van der Waals surface area contributed by atoms with Gasteiger partial charge in [0.05, 0.1) is 16.3 Å². The van der Waals surface area contributed by atoms with E-state index in [1.807, 2.05) is 32.0 Å². The Kier molecular flexibility index (Phi) is 4.47. The Morgan fingerprint density at radius 3 is 2.84 bits per heavy atom. The van der Waals surface area contributed by atoms with Crippen LogP contribution in [0.4, 0.5) is 0 Å². The lowest BCUT2D eigenvalue weighted by molar-refractivity contribution is -0.120. The van der Waals surface area contributed by atoms with Gasteiger partial charge in [0.1, 0.15) is 0 Å². The maximum Gasteiger partial charge on any atom is 0.233 e. The van der Waals surface area contributed by atoms with Gasteiger partial charge < -0.3 is 9.88 Å². The summed E-state index contributed by atoms with van der Waals surface area (Å²) < 4.78 is 2.15. The van der Waals surface area contributed by atoms with E-state index < -0.39 is 0 Å². The third kappa shape index (κ3) is 2.92. The molecule has 1 atom stereocenters. The van der Waals surface area contributed by atoms with Crippen LogP contribution in [0.5, 0.6) is 0 Å². The van der Waals surface area contributed by atoms with Crippen molar-refractivity contribution in [3.8, 4) is 0 Å². The number of amides is 1. The average molecular weight is 277 g/mol. The second-order valence-electron chi connectivity index (χ2n) is 4.28. The molecular weight excluding hydrogens is 258 g/mol. The van der Waals surface area contributed by atoms with Crippen LogP contribution in [0, 0.1) is 0 Å².